The minimum Gasteiger partial charge on any atom is -0.481 e. The van der Waals surface area contributed by atoms with Gasteiger partial charge in [-0.05, 0) is 81.3 Å². The standard InChI is InChI=1S/C77H114N14O20S2/c1-15-41(6)33-50-67(99)87-60(40(4)5)76(108)90(13)63(47(12)110-14)74(106)85-54(37-92)77(109)111-46(11)62-73(105)84-53(36-49-27-22-19-23-28-49)75(107)91-32-24-29-57(91)71(103)86-56(70(102)88-61(43(8)17-3)72(104)79-45(10)65(97)81-50)39-113-112-38-55(80-58(93)30-31-59(94)95)69(101)83-52(35-48-25-20-18-21-26-48)66(98)78-44(9)64(96)82-51(68(100)89-62)34-42(7)16-2/h18-23,25-28,40-44,46-47,50-57,60-63,92H,10,15-17,24,29-39H2,1-9,11-14H3,(H,78,98)(H,79,104)(H,80,93)(H,81,97)(H,82,96)(H,83,101)(H,84,105)(H,85,106)(H,86,103)(H,87,99)(H,88,102)(H,89,100)(H,94,95)/t41-,42+,43+,44-,46-,47-,50+,51+,52-,53-,54+,55+,56+,57+,60?,61+,62-,63+/m1/s1. The number of carboxylic acids is 1. The van der Waals surface area contributed by atoms with E-state index in [4.69, 9.17) is 9.47 Å². The number of carboxylic acid groups (broad SMARTS) is 1. The fraction of sp³-hybridized carbons (Fsp3) is 0.610. The molecule has 0 aliphatic carbocycles. The molecule has 624 valence electrons. The Morgan fingerprint density at radius 2 is 1.13 bits per heavy atom. The van der Waals surface area contributed by atoms with Crippen LogP contribution in [0.25, 0.3) is 0 Å². The molecule has 3 saturated heterocycles. The largest absolute Gasteiger partial charge is 0.481 e. The van der Waals surface area contributed by atoms with Crippen LogP contribution in [0, 0.1) is 23.7 Å². The predicted octanol–water partition coefficient (Wildman–Crippen LogP) is 0.0792. The molecule has 0 spiro atoms. The van der Waals surface area contributed by atoms with E-state index in [9.17, 15) is 63.0 Å². The number of rotatable bonds is 20. The molecule has 14 amide bonds. The number of likely N-dealkylation sites (N-methyl/N-ethyl adjacent to an activating group) is 1. The topological polar surface area (TPSA) is 483 Å². The SMILES string of the molecule is C=C1NC(=O)[C@H]([C@@H](C)CC)NC(=O)[C@@H]2CSSC[C@H](NC(=O)CCC(=O)O)C(=O)N[C@H](Cc3ccccc3)C(=O)N[C@H](C)C(=O)N[C@@H](C[C@@H](C)CC)C(=O)N[C@@H](C(=O)N[C@H](Cc3ccccc3)C(=O)N3CCC[C@H]3C(=O)N2)[C@@H](C)OC(=O)[C@H](CO)NC(=O)[C@H]([C@@H](C)OC)N(C)C(=O)C(C(C)C)NC(=O)[C@H](C[C@H](C)CC)NC1=O. The van der Waals surface area contributed by atoms with Crippen molar-refractivity contribution >= 4 is 116 Å². The summed E-state index contributed by atoms with van der Waals surface area (Å²) in [7, 11) is 4.24. The van der Waals surface area contributed by atoms with Gasteiger partial charge in [-0.1, -0.05) is 163 Å². The molecular formula is C77H114N14O20S2. The van der Waals surface area contributed by atoms with Gasteiger partial charge in [0.15, 0.2) is 6.04 Å². The molecule has 113 heavy (non-hydrogen) atoms. The number of hydrogen-bond acceptors (Lipinski definition) is 21. The summed E-state index contributed by atoms with van der Waals surface area (Å²) < 4.78 is 11.5. The first-order valence-corrected chi connectivity index (χ1v) is 40.7. The number of nitrogens with zero attached hydrogens (tertiary/aromatic N) is 2. The molecule has 0 aromatic heterocycles. The first kappa shape index (κ1) is 93.9. The maximum absolute atomic E-state index is 15.6. The highest BCUT2D eigenvalue weighted by atomic mass is 33.1. The summed E-state index contributed by atoms with van der Waals surface area (Å²) in [6.45, 7) is 20.1. The maximum atomic E-state index is 15.6. The quantitative estimate of drug-likeness (QED) is 0.0474. The molecular weight excluding hydrogens is 1510 g/mol. The normalized spacial score (nSPS) is 27.4. The summed E-state index contributed by atoms with van der Waals surface area (Å²) in [6, 6.07) is -4.17. The number of hydrogen-bond donors (Lipinski definition) is 14. The van der Waals surface area contributed by atoms with Crippen LogP contribution in [0.1, 0.15) is 145 Å². The second kappa shape index (κ2) is 45.9. The highest BCUT2D eigenvalue weighted by molar-refractivity contribution is 8.76. The molecule has 36 heteroatoms. The highest BCUT2D eigenvalue weighted by Crippen LogP contribution is 2.27. The lowest BCUT2D eigenvalue weighted by molar-refractivity contribution is -0.158. The lowest BCUT2D eigenvalue weighted by atomic mass is 9.96. The van der Waals surface area contributed by atoms with Crippen molar-refractivity contribution in [1.82, 2.24) is 73.6 Å². The molecule has 0 saturated carbocycles. The number of aliphatic hydroxyl groups is 1. The van der Waals surface area contributed by atoms with Crippen LogP contribution in [-0.2, 0) is 99.0 Å². The van der Waals surface area contributed by atoms with E-state index in [1.54, 1.807) is 109 Å². The molecule has 3 fully saturated rings. The number of carbonyl (C=O) groups excluding carboxylic acids is 15. The summed E-state index contributed by atoms with van der Waals surface area (Å²) in [5.74, 6) is -19.1. The summed E-state index contributed by atoms with van der Waals surface area (Å²) in [4.78, 5) is 236. The third-order valence-electron chi connectivity index (χ3n) is 20.3. The average Bonchev–Trinajstić information content (AvgIpc) is 1.75. The van der Waals surface area contributed by atoms with Crippen LogP contribution in [0.5, 0.6) is 0 Å². The first-order chi connectivity index (χ1) is 53.5. The van der Waals surface area contributed by atoms with Gasteiger partial charge in [-0.2, -0.15) is 0 Å². The van der Waals surface area contributed by atoms with Gasteiger partial charge in [0.1, 0.15) is 78.6 Å². The number of carbonyl (C=O) groups is 16. The summed E-state index contributed by atoms with van der Waals surface area (Å²) >= 11 is 0. The number of fused-ring (bicyclic) bond motifs is 6. The van der Waals surface area contributed by atoms with E-state index < -0.39 is 228 Å². The third kappa shape index (κ3) is 28.4. The van der Waals surface area contributed by atoms with Gasteiger partial charge >= 0.3 is 11.9 Å². The van der Waals surface area contributed by atoms with E-state index in [0.29, 0.717) is 24.0 Å². The Bertz CT molecular complexity index is 3690. The van der Waals surface area contributed by atoms with E-state index in [0.717, 1.165) is 26.5 Å². The van der Waals surface area contributed by atoms with E-state index in [1.165, 1.54) is 39.8 Å². The molecule has 2 aromatic carbocycles. The van der Waals surface area contributed by atoms with E-state index in [-0.39, 0.29) is 69.1 Å². The predicted molar refractivity (Wildman–Crippen MR) is 419 cm³/mol. The lowest BCUT2D eigenvalue weighted by Gasteiger charge is -2.36. The number of nitrogens with one attached hydrogen (secondary N) is 12. The van der Waals surface area contributed by atoms with Gasteiger partial charge in [-0.3, -0.25) is 71.9 Å². The van der Waals surface area contributed by atoms with Crippen LogP contribution < -0.4 is 63.8 Å². The summed E-state index contributed by atoms with van der Waals surface area (Å²) in [5, 5.41) is 51.9. The molecule has 3 aliphatic heterocycles. The number of benzene rings is 2. The minimum absolute atomic E-state index is 0.0134. The van der Waals surface area contributed by atoms with Crippen LogP contribution in [0.3, 0.4) is 0 Å². The number of methoxy groups -OCH3 is 1. The molecule has 5 rings (SSSR count). The van der Waals surface area contributed by atoms with Crippen LogP contribution >= 0.6 is 21.6 Å². The Kier molecular flexibility index (Phi) is 38.1. The number of cyclic esters (lactones) is 1. The fourth-order valence-electron chi connectivity index (χ4n) is 12.6. The molecule has 3 aliphatic rings. The summed E-state index contributed by atoms with van der Waals surface area (Å²) in [6.07, 6.45) is -3.54. The smallest absolute Gasteiger partial charge is 0.331 e. The minimum atomic E-state index is -2.05. The van der Waals surface area contributed by atoms with Crippen LogP contribution in [0.15, 0.2) is 72.9 Å². The van der Waals surface area contributed by atoms with Crippen LogP contribution in [0.2, 0.25) is 0 Å². The number of amides is 14. The Hall–Kier alpha value is -9.68. The van der Waals surface area contributed by atoms with Crippen LogP contribution in [-0.4, -0.2) is 244 Å². The Morgan fingerprint density at radius 3 is 1.70 bits per heavy atom. The Balaban J connectivity index is 1.80. The highest BCUT2D eigenvalue weighted by Gasteiger charge is 2.45. The van der Waals surface area contributed by atoms with Gasteiger partial charge < -0.3 is 93.3 Å². The molecule has 3 heterocycles. The van der Waals surface area contributed by atoms with Gasteiger partial charge in [0.05, 0.1) is 24.8 Å². The zero-order valence-corrected chi connectivity index (χ0v) is 68.1. The van der Waals surface area contributed by atoms with Gasteiger partial charge in [0, 0.05) is 51.5 Å². The van der Waals surface area contributed by atoms with Crippen LogP contribution in [0.4, 0.5) is 0 Å². The zero-order chi connectivity index (χ0) is 84.1. The van der Waals surface area contributed by atoms with E-state index in [1.807, 2.05) is 6.92 Å². The number of aliphatic carboxylic acids is 1. The van der Waals surface area contributed by atoms with Gasteiger partial charge in [-0.25, -0.2) is 4.79 Å². The van der Waals surface area contributed by atoms with Crippen molar-refractivity contribution in [2.45, 2.75) is 238 Å². The molecule has 2 bridgehead atoms. The molecule has 2 aromatic rings. The molecule has 0 radical (unpaired) electrons. The Labute approximate surface area is 667 Å². The van der Waals surface area contributed by atoms with Crippen molar-refractivity contribution in [3.63, 3.8) is 0 Å². The maximum Gasteiger partial charge on any atom is 0.331 e. The molecule has 34 nitrogen and oxygen atoms in total. The average molecular weight is 1620 g/mol. The number of ether oxygens (including phenoxy) is 2. The van der Waals surface area contributed by atoms with Gasteiger partial charge in [0.2, 0.25) is 76.8 Å². The Morgan fingerprint density at radius 1 is 0.593 bits per heavy atom. The monoisotopic (exact) mass is 1620 g/mol. The molecule has 18 atom stereocenters. The number of aliphatic hydroxyl groups excluding tert-OH is 1. The summed E-state index contributed by atoms with van der Waals surface area (Å²) in [5.41, 5.74) is 0.407. The van der Waals surface area contributed by atoms with Crippen molar-refractivity contribution in [3.05, 3.63) is 84.1 Å². The second-order valence-electron chi connectivity index (χ2n) is 29.4. The molecule has 1 unspecified atom stereocenters. The zero-order valence-electron chi connectivity index (χ0n) is 66.5. The van der Waals surface area contributed by atoms with Gasteiger partial charge in [-0.15, -0.1) is 0 Å². The van der Waals surface area contributed by atoms with Crippen molar-refractivity contribution in [2.24, 2.45) is 23.7 Å². The molecule has 14 N–H and O–H groups in total. The number of esters is 1. The fourth-order valence-corrected chi connectivity index (χ4v) is 15.0. The second-order valence-corrected chi connectivity index (χ2v) is 32.0. The van der Waals surface area contributed by atoms with Gasteiger partial charge in [0.25, 0.3) is 5.91 Å². The van der Waals surface area contributed by atoms with Crippen molar-refractivity contribution < 1.29 is 96.4 Å². The first-order valence-electron chi connectivity index (χ1n) is 38.3. The lowest BCUT2D eigenvalue weighted by Crippen LogP contribution is -2.63. The van der Waals surface area contributed by atoms with E-state index >= 15 is 24.0 Å². The van der Waals surface area contributed by atoms with E-state index in [2.05, 4.69) is 70.4 Å². The van der Waals surface area contributed by atoms with Crippen molar-refractivity contribution in [1.29, 1.82) is 0 Å². The van der Waals surface area contributed by atoms with Crippen molar-refractivity contribution in [3.8, 4) is 0 Å². The van der Waals surface area contributed by atoms with Crippen molar-refractivity contribution in [2.75, 3.05) is 38.8 Å². The third-order valence-corrected chi connectivity index (χ3v) is 22.7.